The van der Waals surface area contributed by atoms with Crippen molar-refractivity contribution in [3.05, 3.63) is 175 Å². The molecule has 0 aliphatic rings. The molecule has 0 radical (unpaired) electrons. The molecule has 48 heavy (non-hydrogen) atoms. The van der Waals surface area contributed by atoms with E-state index in [-0.39, 0.29) is 0 Å². The van der Waals surface area contributed by atoms with Crippen LogP contribution >= 0.6 is 0 Å². The van der Waals surface area contributed by atoms with E-state index < -0.39 is 0 Å². The number of hydrogen-bond donors (Lipinski definition) is 0. The first-order chi connectivity index (χ1) is 23.7. The molecule has 9 aromatic rings. The number of rotatable bonds is 4. The summed E-state index contributed by atoms with van der Waals surface area (Å²) in [4.78, 5) is 4.06. The summed E-state index contributed by atoms with van der Waals surface area (Å²) in [6.45, 7) is 8.26. The highest BCUT2D eigenvalue weighted by Gasteiger charge is 2.20. The highest BCUT2D eigenvalue weighted by molar-refractivity contribution is 6.11. The maximum atomic E-state index is 9.62. The summed E-state index contributed by atoms with van der Waals surface area (Å²) in [7, 11) is 0. The lowest BCUT2D eigenvalue weighted by Gasteiger charge is -2.19. The van der Waals surface area contributed by atoms with Gasteiger partial charge >= 0.3 is 0 Å². The molecule has 9 rings (SSSR count). The molecule has 0 aliphatic heterocycles. The molecule has 2 heterocycles. The molecule has 0 spiro atoms. The Morgan fingerprint density at radius 3 is 1.79 bits per heavy atom. The molecule has 0 saturated heterocycles. The van der Waals surface area contributed by atoms with E-state index in [1.54, 1.807) is 0 Å². The van der Waals surface area contributed by atoms with Crippen molar-refractivity contribution in [3.8, 4) is 39.7 Å². The number of hydrogen-bond acceptors (Lipinski definition) is 1. The van der Waals surface area contributed by atoms with Gasteiger partial charge in [-0.2, -0.15) is 5.26 Å². The van der Waals surface area contributed by atoms with E-state index in [9.17, 15) is 5.26 Å². The first-order valence-corrected chi connectivity index (χ1v) is 15.9. The van der Waals surface area contributed by atoms with Gasteiger partial charge in [0.05, 0.1) is 46.0 Å². The predicted octanol–water partition coefficient (Wildman–Crippen LogP) is 11.6. The summed E-state index contributed by atoms with van der Waals surface area (Å²) in [6, 6.07) is 56.5. The monoisotopic (exact) mass is 610 g/mol. The Morgan fingerprint density at radius 1 is 0.500 bits per heavy atom. The van der Waals surface area contributed by atoms with E-state index in [4.69, 9.17) is 6.57 Å². The molecule has 4 nitrogen and oxygen atoms in total. The molecule has 0 N–H and O–H groups in total. The summed E-state index contributed by atoms with van der Waals surface area (Å²) < 4.78 is 4.59. The minimum Gasteiger partial charge on any atom is -0.309 e. The standard InChI is InChI=1S/C44H26N4/c1-46-38-19-11-18-32(30-12-10-13-31(27-30)47-39-20-6-4-16-35(39)37-26-29(28-45)24-25-43(37)47)44(38)36-17-5-9-23-42(36)48-40-21-7-2-14-33(40)34-15-3-8-22-41(34)48/h2-27H. The van der Waals surface area contributed by atoms with Crippen LogP contribution in [0.2, 0.25) is 0 Å². The van der Waals surface area contributed by atoms with Gasteiger partial charge in [0, 0.05) is 27.2 Å². The first kappa shape index (κ1) is 27.4. The van der Waals surface area contributed by atoms with Crippen LogP contribution in [0.3, 0.4) is 0 Å². The second-order valence-corrected chi connectivity index (χ2v) is 11.9. The van der Waals surface area contributed by atoms with Gasteiger partial charge in [0.25, 0.3) is 0 Å². The predicted molar refractivity (Wildman–Crippen MR) is 197 cm³/mol. The fraction of sp³-hybridized carbons (Fsp3) is 0. The number of nitrogens with zero attached hydrogens (tertiary/aromatic N) is 4. The molecule has 0 saturated carbocycles. The van der Waals surface area contributed by atoms with E-state index in [2.05, 4.69) is 141 Å². The van der Waals surface area contributed by atoms with Crippen molar-refractivity contribution in [1.29, 1.82) is 5.26 Å². The van der Waals surface area contributed by atoms with Gasteiger partial charge in [-0.25, -0.2) is 4.85 Å². The molecule has 0 unspecified atom stereocenters. The van der Waals surface area contributed by atoms with Crippen molar-refractivity contribution in [2.24, 2.45) is 0 Å². The number of fused-ring (bicyclic) bond motifs is 6. The minimum absolute atomic E-state index is 0.604. The van der Waals surface area contributed by atoms with E-state index in [0.29, 0.717) is 11.3 Å². The summed E-state index contributed by atoms with van der Waals surface area (Å²) in [6.07, 6.45) is 0. The average molecular weight is 611 g/mol. The SMILES string of the molecule is [C-]#[N+]c1cccc(-c2cccc(-n3c4ccccc4c4cc(C#N)ccc43)c2)c1-c1ccccc1-n1c2ccccc2c2ccccc21. The van der Waals surface area contributed by atoms with Crippen LogP contribution in [-0.2, 0) is 0 Å². The van der Waals surface area contributed by atoms with Crippen LogP contribution in [-0.4, -0.2) is 9.13 Å². The molecule has 7 aromatic carbocycles. The molecule has 0 amide bonds. The van der Waals surface area contributed by atoms with Gasteiger partial charge in [-0.1, -0.05) is 103 Å². The lowest BCUT2D eigenvalue weighted by atomic mass is 9.91. The number of nitriles is 1. The Hall–Kier alpha value is -6.88. The molecule has 0 fully saturated rings. The topological polar surface area (TPSA) is 38.0 Å². The fourth-order valence-electron chi connectivity index (χ4n) is 7.35. The van der Waals surface area contributed by atoms with Crippen LogP contribution in [0.1, 0.15) is 5.56 Å². The van der Waals surface area contributed by atoms with Crippen LogP contribution in [0, 0.1) is 17.9 Å². The molecular formula is C44H26N4. The fourth-order valence-corrected chi connectivity index (χ4v) is 7.35. The van der Waals surface area contributed by atoms with Crippen LogP contribution in [0.4, 0.5) is 5.69 Å². The van der Waals surface area contributed by atoms with Gasteiger partial charge in [-0.05, 0) is 76.9 Å². The minimum atomic E-state index is 0.604. The summed E-state index contributed by atoms with van der Waals surface area (Å²) >= 11 is 0. The van der Waals surface area contributed by atoms with Crippen molar-refractivity contribution in [3.63, 3.8) is 0 Å². The van der Waals surface area contributed by atoms with Gasteiger partial charge in [0.2, 0.25) is 0 Å². The van der Waals surface area contributed by atoms with E-state index in [0.717, 1.165) is 66.5 Å². The van der Waals surface area contributed by atoms with Gasteiger partial charge in [-0.15, -0.1) is 0 Å². The van der Waals surface area contributed by atoms with E-state index in [1.165, 1.54) is 10.8 Å². The summed E-state index contributed by atoms with van der Waals surface area (Å²) in [5.41, 5.74) is 11.6. The highest BCUT2D eigenvalue weighted by Crippen LogP contribution is 2.44. The lowest BCUT2D eigenvalue weighted by Crippen LogP contribution is -1.98. The molecule has 2 aromatic heterocycles. The maximum Gasteiger partial charge on any atom is 0.195 e. The smallest absolute Gasteiger partial charge is 0.195 e. The Labute approximate surface area is 277 Å². The zero-order valence-electron chi connectivity index (χ0n) is 25.8. The second-order valence-electron chi connectivity index (χ2n) is 11.9. The Morgan fingerprint density at radius 2 is 1.08 bits per heavy atom. The first-order valence-electron chi connectivity index (χ1n) is 15.9. The third-order valence-electron chi connectivity index (χ3n) is 9.37. The summed E-state index contributed by atoms with van der Waals surface area (Å²) in [5.74, 6) is 0. The lowest BCUT2D eigenvalue weighted by molar-refractivity contribution is 1.18. The largest absolute Gasteiger partial charge is 0.309 e. The van der Waals surface area contributed by atoms with Crippen LogP contribution in [0.5, 0.6) is 0 Å². The highest BCUT2D eigenvalue weighted by atomic mass is 15.0. The third kappa shape index (κ3) is 4.07. The van der Waals surface area contributed by atoms with Gasteiger partial charge < -0.3 is 9.13 Å². The molecule has 0 bridgehead atoms. The Kier molecular flexibility index (Phi) is 6.22. The second kappa shape index (κ2) is 10.9. The van der Waals surface area contributed by atoms with Crippen LogP contribution < -0.4 is 0 Å². The molecule has 0 atom stereocenters. The molecule has 222 valence electrons. The van der Waals surface area contributed by atoms with Crippen LogP contribution in [0.25, 0.3) is 82.1 Å². The maximum absolute atomic E-state index is 9.62. The van der Waals surface area contributed by atoms with Crippen molar-refractivity contribution < 1.29 is 0 Å². The number of aromatic nitrogens is 2. The molecule has 0 aliphatic carbocycles. The quantitative estimate of drug-likeness (QED) is 0.183. The van der Waals surface area contributed by atoms with Gasteiger partial charge in [-0.3, -0.25) is 0 Å². The Balaban J connectivity index is 1.29. The van der Waals surface area contributed by atoms with Crippen molar-refractivity contribution >= 4 is 49.3 Å². The summed E-state index contributed by atoms with van der Waals surface area (Å²) in [5, 5.41) is 14.2. The zero-order chi connectivity index (χ0) is 32.2. The van der Waals surface area contributed by atoms with Crippen LogP contribution in [0.15, 0.2) is 158 Å². The van der Waals surface area contributed by atoms with E-state index >= 15 is 0 Å². The average Bonchev–Trinajstić information content (AvgIpc) is 3.67. The van der Waals surface area contributed by atoms with E-state index in [1.807, 2.05) is 36.4 Å². The molecule has 4 heteroatoms. The normalized spacial score (nSPS) is 11.3. The number of para-hydroxylation sites is 4. The Bertz CT molecular complexity index is 2760. The molecular weight excluding hydrogens is 585 g/mol. The van der Waals surface area contributed by atoms with Crippen molar-refractivity contribution in [2.75, 3.05) is 0 Å². The number of benzene rings is 7. The van der Waals surface area contributed by atoms with Gasteiger partial charge in [0.15, 0.2) is 5.69 Å². The van der Waals surface area contributed by atoms with Gasteiger partial charge in [0.1, 0.15) is 0 Å². The third-order valence-corrected chi connectivity index (χ3v) is 9.37. The van der Waals surface area contributed by atoms with Crippen molar-refractivity contribution in [2.45, 2.75) is 0 Å². The van der Waals surface area contributed by atoms with Crippen molar-refractivity contribution in [1.82, 2.24) is 9.13 Å². The zero-order valence-corrected chi connectivity index (χ0v) is 25.8.